The lowest BCUT2D eigenvalue weighted by molar-refractivity contribution is 0.112. The summed E-state index contributed by atoms with van der Waals surface area (Å²) >= 11 is 5.11. The maximum Gasteiger partial charge on any atom is 0.160 e. The summed E-state index contributed by atoms with van der Waals surface area (Å²) in [6, 6.07) is 10.6. The summed E-state index contributed by atoms with van der Waals surface area (Å²) in [6.07, 6.45) is 0.942. The van der Waals surface area contributed by atoms with Crippen molar-refractivity contribution in [1.29, 1.82) is 0 Å². The quantitative estimate of drug-likeness (QED) is 0.596. The van der Waals surface area contributed by atoms with Crippen LogP contribution < -0.4 is 0 Å². The Labute approximate surface area is 117 Å². The molecule has 0 saturated carbocycles. The van der Waals surface area contributed by atoms with Gasteiger partial charge in [0.05, 0.1) is 4.88 Å². The third-order valence-electron chi connectivity index (χ3n) is 2.68. The third-order valence-corrected chi connectivity index (χ3v) is 6.19. The molecule has 0 unspecified atom stereocenters. The number of hydrogen-bond acceptors (Lipinski definition) is 4. The number of aldehydes is 1. The molecule has 0 spiro atoms. The van der Waals surface area contributed by atoms with Crippen LogP contribution in [0.15, 0.2) is 35.7 Å². The molecule has 4 heteroatoms. The van der Waals surface area contributed by atoms with Crippen LogP contribution in [-0.4, -0.2) is 6.29 Å². The summed E-state index contributed by atoms with van der Waals surface area (Å²) in [5.74, 6) is 0. The monoisotopic (exact) mass is 290 g/mol. The maximum absolute atomic E-state index is 10.9. The molecular formula is C14H10OS3. The average Bonchev–Trinajstić information content (AvgIpc) is 3.08. The fourth-order valence-corrected chi connectivity index (χ4v) is 4.67. The van der Waals surface area contributed by atoms with Gasteiger partial charge in [-0.2, -0.15) is 0 Å². The molecule has 3 aromatic heterocycles. The van der Waals surface area contributed by atoms with Crippen LogP contribution in [0.3, 0.4) is 0 Å². The van der Waals surface area contributed by atoms with E-state index in [4.69, 9.17) is 0 Å². The van der Waals surface area contributed by atoms with Crippen LogP contribution in [0.5, 0.6) is 0 Å². The van der Waals surface area contributed by atoms with Crippen molar-refractivity contribution in [2.45, 2.75) is 6.92 Å². The van der Waals surface area contributed by atoms with Gasteiger partial charge in [-0.3, -0.25) is 4.79 Å². The molecule has 0 N–H and O–H groups in total. The Hall–Kier alpha value is -1.23. The van der Waals surface area contributed by atoms with Gasteiger partial charge in [0.25, 0.3) is 0 Å². The summed E-state index contributed by atoms with van der Waals surface area (Å²) in [4.78, 5) is 16.7. The summed E-state index contributed by atoms with van der Waals surface area (Å²) in [5.41, 5.74) is 1.07. The molecule has 0 aliphatic carbocycles. The highest BCUT2D eigenvalue weighted by molar-refractivity contribution is 7.26. The summed E-state index contributed by atoms with van der Waals surface area (Å²) in [6.45, 7) is 1.98. The molecule has 1 nitrogen and oxygen atoms in total. The van der Waals surface area contributed by atoms with Gasteiger partial charge in [0.2, 0.25) is 0 Å². The largest absolute Gasteiger partial charge is 0.297 e. The van der Waals surface area contributed by atoms with E-state index < -0.39 is 0 Å². The first-order chi connectivity index (χ1) is 8.78. The number of carbonyl (C=O) groups excluding carboxylic acids is 1. The van der Waals surface area contributed by atoms with Crippen LogP contribution in [0.4, 0.5) is 0 Å². The van der Waals surface area contributed by atoms with Crippen molar-refractivity contribution in [3.8, 4) is 19.5 Å². The van der Waals surface area contributed by atoms with Crippen LogP contribution in [0.2, 0.25) is 0 Å². The van der Waals surface area contributed by atoms with E-state index in [0.717, 1.165) is 16.7 Å². The van der Waals surface area contributed by atoms with Crippen molar-refractivity contribution in [2.75, 3.05) is 0 Å². The number of thiophene rings is 3. The van der Waals surface area contributed by atoms with Crippen molar-refractivity contribution in [1.82, 2.24) is 0 Å². The zero-order valence-electron chi connectivity index (χ0n) is 9.67. The van der Waals surface area contributed by atoms with Gasteiger partial charge in [0, 0.05) is 19.5 Å². The minimum Gasteiger partial charge on any atom is -0.297 e. The van der Waals surface area contributed by atoms with E-state index in [1.165, 1.54) is 19.5 Å². The van der Waals surface area contributed by atoms with E-state index in [1.807, 2.05) is 6.92 Å². The van der Waals surface area contributed by atoms with Crippen molar-refractivity contribution in [3.05, 3.63) is 46.2 Å². The maximum atomic E-state index is 10.9. The van der Waals surface area contributed by atoms with Gasteiger partial charge in [-0.15, -0.1) is 34.0 Å². The Morgan fingerprint density at radius 1 is 1.00 bits per heavy atom. The Bertz CT molecular complexity index is 674. The lowest BCUT2D eigenvalue weighted by atomic mass is 10.2. The van der Waals surface area contributed by atoms with E-state index in [0.29, 0.717) is 0 Å². The van der Waals surface area contributed by atoms with Gasteiger partial charge in [-0.05, 0) is 42.1 Å². The number of carbonyl (C=O) groups is 1. The van der Waals surface area contributed by atoms with Gasteiger partial charge in [0.1, 0.15) is 0 Å². The van der Waals surface area contributed by atoms with Crippen LogP contribution in [0, 0.1) is 6.92 Å². The molecule has 0 bridgehead atoms. The van der Waals surface area contributed by atoms with Gasteiger partial charge in [-0.1, -0.05) is 6.07 Å². The first-order valence-electron chi connectivity index (χ1n) is 5.47. The second-order valence-electron chi connectivity index (χ2n) is 3.92. The molecule has 0 fully saturated rings. The van der Waals surface area contributed by atoms with Gasteiger partial charge in [-0.25, -0.2) is 0 Å². The zero-order valence-corrected chi connectivity index (χ0v) is 12.1. The van der Waals surface area contributed by atoms with Crippen LogP contribution in [0.1, 0.15) is 15.2 Å². The van der Waals surface area contributed by atoms with Crippen molar-refractivity contribution in [2.24, 2.45) is 0 Å². The zero-order chi connectivity index (χ0) is 12.5. The molecule has 0 aliphatic rings. The normalized spacial score (nSPS) is 10.7. The van der Waals surface area contributed by atoms with E-state index in [2.05, 4.69) is 35.7 Å². The van der Waals surface area contributed by atoms with E-state index in [1.54, 1.807) is 34.0 Å². The molecule has 90 valence electrons. The molecular weight excluding hydrogens is 280 g/mol. The van der Waals surface area contributed by atoms with Crippen LogP contribution in [0.25, 0.3) is 19.5 Å². The Balaban J connectivity index is 2.00. The van der Waals surface area contributed by atoms with E-state index in [-0.39, 0.29) is 0 Å². The number of aryl methyl sites for hydroxylation is 1. The highest BCUT2D eigenvalue weighted by Crippen LogP contribution is 2.39. The Morgan fingerprint density at radius 3 is 2.39 bits per heavy atom. The van der Waals surface area contributed by atoms with Crippen molar-refractivity contribution in [3.63, 3.8) is 0 Å². The van der Waals surface area contributed by atoms with Crippen molar-refractivity contribution < 1.29 is 4.79 Å². The minimum absolute atomic E-state index is 0.830. The minimum atomic E-state index is 0.830. The van der Waals surface area contributed by atoms with Crippen LogP contribution in [-0.2, 0) is 0 Å². The Kier molecular flexibility index (Phi) is 3.16. The number of rotatable bonds is 3. The molecule has 0 aliphatic heterocycles. The van der Waals surface area contributed by atoms with E-state index >= 15 is 0 Å². The smallest absolute Gasteiger partial charge is 0.160 e. The summed E-state index contributed by atoms with van der Waals surface area (Å²) < 4.78 is 0. The SMILES string of the molecule is Cc1cc(-c2ccc(-c3cccs3)s2)sc1C=O. The highest BCUT2D eigenvalue weighted by Gasteiger charge is 2.10. The standard InChI is InChI=1S/C14H10OS3/c1-9-7-13(18-14(9)8-15)12-5-4-11(17-12)10-3-2-6-16-10/h2-8H,1H3. The number of hydrogen-bond donors (Lipinski definition) is 0. The molecule has 0 aromatic carbocycles. The molecule has 0 radical (unpaired) electrons. The predicted octanol–water partition coefficient (Wildman–Crippen LogP) is 5.33. The van der Waals surface area contributed by atoms with Gasteiger partial charge >= 0.3 is 0 Å². The topological polar surface area (TPSA) is 17.1 Å². The second-order valence-corrected chi connectivity index (χ2v) is 7.03. The van der Waals surface area contributed by atoms with Gasteiger partial charge in [0.15, 0.2) is 6.29 Å². The molecule has 0 saturated heterocycles. The average molecular weight is 290 g/mol. The van der Waals surface area contributed by atoms with E-state index in [9.17, 15) is 4.79 Å². The summed E-state index contributed by atoms with van der Waals surface area (Å²) in [7, 11) is 0. The lowest BCUT2D eigenvalue weighted by Gasteiger charge is -1.90. The first kappa shape index (κ1) is 11.8. The van der Waals surface area contributed by atoms with Crippen LogP contribution >= 0.6 is 34.0 Å². The second kappa shape index (κ2) is 4.80. The molecule has 3 aromatic rings. The molecule has 0 atom stereocenters. The molecule has 3 heterocycles. The highest BCUT2D eigenvalue weighted by atomic mass is 32.1. The first-order valence-corrected chi connectivity index (χ1v) is 7.99. The third kappa shape index (κ3) is 2.07. The van der Waals surface area contributed by atoms with Crippen molar-refractivity contribution >= 4 is 40.3 Å². The fourth-order valence-electron chi connectivity index (χ4n) is 1.76. The molecule has 0 amide bonds. The molecule has 3 rings (SSSR count). The predicted molar refractivity (Wildman–Crippen MR) is 81.1 cm³/mol. The summed E-state index contributed by atoms with van der Waals surface area (Å²) in [5, 5.41) is 2.09. The fraction of sp³-hybridized carbons (Fsp3) is 0.0714. The lowest BCUT2D eigenvalue weighted by Crippen LogP contribution is -1.72. The Morgan fingerprint density at radius 2 is 1.78 bits per heavy atom. The van der Waals surface area contributed by atoms with Gasteiger partial charge < -0.3 is 0 Å². The molecule has 18 heavy (non-hydrogen) atoms.